The summed E-state index contributed by atoms with van der Waals surface area (Å²) >= 11 is 1.27. The van der Waals surface area contributed by atoms with Crippen molar-refractivity contribution in [2.45, 2.75) is 26.0 Å². The Morgan fingerprint density at radius 1 is 1.11 bits per heavy atom. The summed E-state index contributed by atoms with van der Waals surface area (Å²) in [7, 11) is -1.72. The molecule has 3 aromatic heterocycles. The van der Waals surface area contributed by atoms with E-state index in [-0.39, 0.29) is 12.1 Å². The molecular formula is C24H26N6O4S2. The van der Waals surface area contributed by atoms with Crippen molar-refractivity contribution in [2.75, 3.05) is 11.9 Å². The fourth-order valence-electron chi connectivity index (χ4n) is 3.48. The van der Waals surface area contributed by atoms with Gasteiger partial charge in [-0.1, -0.05) is 18.2 Å². The second-order valence-electron chi connectivity index (χ2n) is 8.48. The molecule has 0 atom stereocenters. The van der Waals surface area contributed by atoms with E-state index in [1.165, 1.54) is 23.6 Å². The standard InChI is InChI=1S/C24H26N6O4S2/c1-15(2)36(33,34)30-13-19(10-16(30)3)23(32)25-12-22(31)27-24-26-21(14-35-24)18-7-5-6-17(11-18)20-8-9-29(4)28-20/h5-11,13-15H,12H2,1-4H3,(H,25,32)(H,26,27,31). The average molecular weight is 527 g/mol. The maximum absolute atomic E-state index is 12.5. The summed E-state index contributed by atoms with van der Waals surface area (Å²) in [5.41, 5.74) is 3.99. The number of hydrogen-bond donors (Lipinski definition) is 2. The van der Waals surface area contributed by atoms with Crippen molar-refractivity contribution >= 4 is 38.3 Å². The second kappa shape index (κ2) is 10.1. The normalized spacial score (nSPS) is 11.6. The molecule has 0 bridgehead atoms. The Balaban J connectivity index is 1.37. The molecule has 4 rings (SSSR count). The van der Waals surface area contributed by atoms with E-state index in [9.17, 15) is 18.0 Å². The van der Waals surface area contributed by atoms with Gasteiger partial charge in [-0.3, -0.25) is 14.3 Å². The van der Waals surface area contributed by atoms with E-state index in [2.05, 4.69) is 20.7 Å². The Morgan fingerprint density at radius 2 is 1.83 bits per heavy atom. The van der Waals surface area contributed by atoms with Crippen molar-refractivity contribution in [1.82, 2.24) is 24.1 Å². The first-order chi connectivity index (χ1) is 17.0. The molecule has 2 N–H and O–H groups in total. The van der Waals surface area contributed by atoms with E-state index in [0.29, 0.717) is 16.5 Å². The Bertz CT molecular complexity index is 1530. The van der Waals surface area contributed by atoms with Crippen LogP contribution in [0.2, 0.25) is 0 Å². The summed E-state index contributed by atoms with van der Waals surface area (Å²) in [5, 5.41) is 11.2. The van der Waals surface area contributed by atoms with Gasteiger partial charge in [-0.15, -0.1) is 11.3 Å². The monoisotopic (exact) mass is 526 g/mol. The highest BCUT2D eigenvalue weighted by Gasteiger charge is 2.22. The molecular weight excluding hydrogens is 500 g/mol. The minimum Gasteiger partial charge on any atom is -0.343 e. The average Bonchev–Trinajstić information content (AvgIpc) is 3.57. The highest BCUT2D eigenvalue weighted by molar-refractivity contribution is 7.90. The number of aromatic nitrogens is 4. The molecule has 2 amide bonds. The van der Waals surface area contributed by atoms with Crippen LogP contribution >= 0.6 is 11.3 Å². The lowest BCUT2D eigenvalue weighted by Gasteiger charge is -2.10. The van der Waals surface area contributed by atoms with Gasteiger partial charge < -0.3 is 10.6 Å². The molecule has 0 saturated heterocycles. The van der Waals surface area contributed by atoms with Gasteiger partial charge in [0.15, 0.2) is 5.13 Å². The predicted molar refractivity (Wildman–Crippen MR) is 139 cm³/mol. The first kappa shape index (κ1) is 25.3. The number of aryl methyl sites for hydroxylation is 2. The van der Waals surface area contributed by atoms with Gasteiger partial charge in [0.2, 0.25) is 15.9 Å². The first-order valence-electron chi connectivity index (χ1n) is 11.1. The van der Waals surface area contributed by atoms with E-state index >= 15 is 0 Å². The smallest absolute Gasteiger partial charge is 0.253 e. The Kier molecular flexibility index (Phi) is 7.09. The number of thiazole rings is 1. The third-order valence-corrected chi connectivity index (χ3v) is 8.32. The Hall–Kier alpha value is -3.77. The summed E-state index contributed by atoms with van der Waals surface area (Å²) < 4.78 is 27.7. The lowest BCUT2D eigenvalue weighted by molar-refractivity contribution is -0.115. The van der Waals surface area contributed by atoms with Crippen LogP contribution in [0.5, 0.6) is 0 Å². The van der Waals surface area contributed by atoms with Crippen LogP contribution in [0.3, 0.4) is 0 Å². The van der Waals surface area contributed by atoms with E-state index in [0.717, 1.165) is 20.8 Å². The minimum atomic E-state index is -3.58. The molecule has 0 radical (unpaired) electrons. The van der Waals surface area contributed by atoms with Gasteiger partial charge in [0.1, 0.15) is 0 Å². The van der Waals surface area contributed by atoms with Crippen molar-refractivity contribution in [2.24, 2.45) is 7.05 Å². The number of rotatable bonds is 8. The Labute approximate surface area is 213 Å². The quantitative estimate of drug-likeness (QED) is 0.363. The molecule has 0 spiro atoms. The van der Waals surface area contributed by atoms with Crippen LogP contribution in [0.15, 0.2) is 54.2 Å². The molecule has 0 aliphatic carbocycles. The van der Waals surface area contributed by atoms with Crippen LogP contribution in [0.1, 0.15) is 29.9 Å². The fourth-order valence-corrected chi connectivity index (χ4v) is 5.38. The van der Waals surface area contributed by atoms with Gasteiger partial charge in [-0.2, -0.15) is 5.10 Å². The first-order valence-corrected chi connectivity index (χ1v) is 13.5. The van der Waals surface area contributed by atoms with E-state index in [1.54, 1.807) is 25.5 Å². The summed E-state index contributed by atoms with van der Waals surface area (Å²) in [6.07, 6.45) is 3.14. The van der Waals surface area contributed by atoms with Crippen molar-refractivity contribution < 1.29 is 18.0 Å². The van der Waals surface area contributed by atoms with Crippen LogP contribution in [-0.4, -0.2) is 50.8 Å². The van der Waals surface area contributed by atoms with Crippen molar-refractivity contribution in [3.8, 4) is 22.5 Å². The van der Waals surface area contributed by atoms with Gasteiger partial charge in [0.05, 0.1) is 28.7 Å². The van der Waals surface area contributed by atoms with Gasteiger partial charge in [0.25, 0.3) is 5.91 Å². The molecule has 188 valence electrons. The van der Waals surface area contributed by atoms with E-state index in [4.69, 9.17) is 0 Å². The highest BCUT2D eigenvalue weighted by atomic mass is 32.2. The number of hydrogen-bond acceptors (Lipinski definition) is 7. The van der Waals surface area contributed by atoms with E-state index in [1.807, 2.05) is 49.0 Å². The van der Waals surface area contributed by atoms with Crippen LogP contribution in [0, 0.1) is 6.92 Å². The topological polar surface area (TPSA) is 128 Å². The fraction of sp³-hybridized carbons (Fsp3) is 0.250. The van der Waals surface area contributed by atoms with Crippen LogP contribution in [0.4, 0.5) is 5.13 Å². The number of carbonyl (C=O) groups excluding carboxylic acids is 2. The molecule has 3 heterocycles. The zero-order valence-corrected chi connectivity index (χ0v) is 21.9. The lowest BCUT2D eigenvalue weighted by atomic mass is 10.1. The van der Waals surface area contributed by atoms with Crippen LogP contribution in [0.25, 0.3) is 22.5 Å². The summed E-state index contributed by atoms with van der Waals surface area (Å²) in [6.45, 7) is 4.46. The summed E-state index contributed by atoms with van der Waals surface area (Å²) in [4.78, 5) is 29.4. The SMILES string of the molecule is Cc1cc(C(=O)NCC(=O)Nc2nc(-c3cccc(-c4ccn(C)n4)c3)cs2)cn1S(=O)(=O)C(C)C. The zero-order valence-electron chi connectivity index (χ0n) is 20.2. The molecule has 1 aromatic carbocycles. The number of amides is 2. The molecule has 0 aliphatic heterocycles. The van der Waals surface area contributed by atoms with Gasteiger partial charge >= 0.3 is 0 Å². The van der Waals surface area contributed by atoms with Crippen molar-refractivity contribution in [3.05, 3.63) is 65.4 Å². The van der Waals surface area contributed by atoms with Crippen molar-refractivity contribution in [1.29, 1.82) is 0 Å². The number of nitrogens with zero attached hydrogens (tertiary/aromatic N) is 4. The summed E-state index contributed by atoms with van der Waals surface area (Å²) in [5.74, 6) is -0.991. The largest absolute Gasteiger partial charge is 0.343 e. The maximum Gasteiger partial charge on any atom is 0.253 e. The predicted octanol–water partition coefficient (Wildman–Crippen LogP) is 3.28. The number of anilines is 1. The minimum absolute atomic E-state index is 0.161. The van der Waals surface area contributed by atoms with Crippen molar-refractivity contribution in [3.63, 3.8) is 0 Å². The number of nitrogens with one attached hydrogen (secondary N) is 2. The molecule has 12 heteroatoms. The molecule has 0 aliphatic rings. The van der Waals surface area contributed by atoms with Gasteiger partial charge in [-0.25, -0.2) is 17.4 Å². The van der Waals surface area contributed by atoms with Crippen LogP contribution in [-0.2, 0) is 21.9 Å². The summed E-state index contributed by atoms with van der Waals surface area (Å²) in [6, 6.07) is 11.2. The van der Waals surface area contributed by atoms with E-state index < -0.39 is 27.1 Å². The molecule has 4 aromatic rings. The molecule has 0 fully saturated rings. The third kappa shape index (κ3) is 5.39. The zero-order chi connectivity index (χ0) is 26.0. The third-order valence-electron chi connectivity index (χ3n) is 5.43. The maximum atomic E-state index is 12.5. The van der Waals surface area contributed by atoms with Gasteiger partial charge in [-0.05, 0) is 39.0 Å². The molecule has 0 unspecified atom stereocenters. The Morgan fingerprint density at radius 3 is 2.50 bits per heavy atom. The molecule has 36 heavy (non-hydrogen) atoms. The molecule has 10 nitrogen and oxygen atoms in total. The van der Waals surface area contributed by atoms with Crippen LogP contribution < -0.4 is 10.6 Å². The molecule has 0 saturated carbocycles. The highest BCUT2D eigenvalue weighted by Crippen LogP contribution is 2.28. The lowest BCUT2D eigenvalue weighted by Crippen LogP contribution is -2.32. The number of benzene rings is 1. The number of carbonyl (C=O) groups is 2. The second-order valence-corrected chi connectivity index (χ2v) is 11.7. The van der Waals surface area contributed by atoms with Gasteiger partial charge in [0, 0.05) is 41.6 Å².